The molecule has 0 atom stereocenters. The smallest absolute Gasteiger partial charge is 0.312 e. The monoisotopic (exact) mass is 220 g/mol. The van der Waals surface area contributed by atoms with E-state index < -0.39 is 11.3 Å². The molecule has 5 nitrogen and oxygen atoms in total. The molecule has 0 saturated carbocycles. The third-order valence-corrected chi connectivity index (χ3v) is 2.88. The van der Waals surface area contributed by atoms with Crippen LogP contribution in [0.3, 0.4) is 0 Å². The van der Waals surface area contributed by atoms with Crippen molar-refractivity contribution in [1.82, 2.24) is 5.06 Å². The van der Waals surface area contributed by atoms with E-state index in [2.05, 4.69) is 4.84 Å². The molecule has 16 heavy (non-hydrogen) atoms. The van der Waals surface area contributed by atoms with E-state index in [0.29, 0.717) is 19.6 Å². The standard InChI is InChI=1S/C11H12N2O3/c12-10(15)11(6-13(7-11)16-8-14)9-4-2-1-3-5-9/h1-5,8H,6-7H2,(H2,12,15). The second-order valence-corrected chi connectivity index (χ2v) is 3.81. The summed E-state index contributed by atoms with van der Waals surface area (Å²) in [4.78, 5) is 26.3. The summed E-state index contributed by atoms with van der Waals surface area (Å²) in [6.45, 7) is 0.964. The molecule has 0 unspecified atom stereocenters. The van der Waals surface area contributed by atoms with Crippen LogP contribution in [-0.2, 0) is 19.8 Å². The van der Waals surface area contributed by atoms with Crippen LogP contribution in [0.4, 0.5) is 0 Å². The van der Waals surface area contributed by atoms with E-state index in [-0.39, 0.29) is 0 Å². The van der Waals surface area contributed by atoms with Gasteiger partial charge in [-0.3, -0.25) is 9.59 Å². The van der Waals surface area contributed by atoms with E-state index in [0.717, 1.165) is 5.56 Å². The lowest BCUT2D eigenvalue weighted by Gasteiger charge is -2.45. The first kappa shape index (κ1) is 10.6. The lowest BCUT2D eigenvalue weighted by Crippen LogP contribution is -2.65. The fourth-order valence-electron chi connectivity index (χ4n) is 1.93. The second kappa shape index (κ2) is 3.94. The van der Waals surface area contributed by atoms with Crippen molar-refractivity contribution in [2.45, 2.75) is 5.41 Å². The molecular weight excluding hydrogens is 208 g/mol. The van der Waals surface area contributed by atoms with Crippen molar-refractivity contribution in [3.63, 3.8) is 0 Å². The Morgan fingerprint density at radius 2 is 2.00 bits per heavy atom. The number of hydrogen-bond donors (Lipinski definition) is 1. The molecule has 1 fully saturated rings. The topological polar surface area (TPSA) is 72.6 Å². The summed E-state index contributed by atoms with van der Waals surface area (Å²) < 4.78 is 0. The highest BCUT2D eigenvalue weighted by Crippen LogP contribution is 2.34. The Labute approximate surface area is 92.7 Å². The minimum absolute atomic E-state index is 0.311. The van der Waals surface area contributed by atoms with Crippen molar-refractivity contribution in [3.8, 4) is 0 Å². The first-order valence-corrected chi connectivity index (χ1v) is 4.90. The van der Waals surface area contributed by atoms with Crippen LogP contribution < -0.4 is 5.73 Å². The third-order valence-electron chi connectivity index (χ3n) is 2.88. The Morgan fingerprint density at radius 1 is 1.38 bits per heavy atom. The van der Waals surface area contributed by atoms with Crippen LogP contribution in [0, 0.1) is 0 Å². The number of carbonyl (C=O) groups excluding carboxylic acids is 2. The quantitative estimate of drug-likeness (QED) is 0.714. The van der Waals surface area contributed by atoms with Crippen LogP contribution in [0.25, 0.3) is 0 Å². The zero-order valence-corrected chi connectivity index (χ0v) is 8.63. The summed E-state index contributed by atoms with van der Waals surface area (Å²) in [5.41, 5.74) is 5.54. The second-order valence-electron chi connectivity index (χ2n) is 3.81. The zero-order chi connectivity index (χ0) is 11.6. The Kier molecular flexibility index (Phi) is 2.62. The third kappa shape index (κ3) is 1.55. The van der Waals surface area contributed by atoms with Crippen molar-refractivity contribution in [1.29, 1.82) is 0 Å². The minimum atomic E-state index is -0.732. The molecule has 1 amide bonds. The minimum Gasteiger partial charge on any atom is -0.371 e. The van der Waals surface area contributed by atoms with Gasteiger partial charge in [0.2, 0.25) is 5.91 Å². The molecule has 0 aliphatic carbocycles. The van der Waals surface area contributed by atoms with Gasteiger partial charge in [-0.05, 0) is 5.56 Å². The molecule has 1 aliphatic heterocycles. The van der Waals surface area contributed by atoms with Crippen LogP contribution in [0.1, 0.15) is 5.56 Å². The van der Waals surface area contributed by atoms with Gasteiger partial charge in [-0.15, -0.1) is 5.06 Å². The van der Waals surface area contributed by atoms with Gasteiger partial charge >= 0.3 is 6.47 Å². The van der Waals surface area contributed by atoms with Gasteiger partial charge < -0.3 is 10.6 Å². The summed E-state index contributed by atoms with van der Waals surface area (Å²) in [5, 5.41) is 1.41. The number of benzene rings is 1. The van der Waals surface area contributed by atoms with Gasteiger partial charge in [-0.2, -0.15) is 0 Å². The SMILES string of the molecule is NC(=O)C1(c2ccccc2)CN(OC=O)C1. The zero-order valence-electron chi connectivity index (χ0n) is 8.63. The van der Waals surface area contributed by atoms with Gasteiger partial charge in [0.1, 0.15) is 5.41 Å². The first-order valence-electron chi connectivity index (χ1n) is 4.90. The largest absolute Gasteiger partial charge is 0.371 e. The molecule has 0 radical (unpaired) electrons. The molecule has 0 spiro atoms. The van der Waals surface area contributed by atoms with E-state index in [9.17, 15) is 9.59 Å². The maximum Gasteiger partial charge on any atom is 0.312 e. The first-order chi connectivity index (χ1) is 7.69. The van der Waals surface area contributed by atoms with Gasteiger partial charge in [-0.1, -0.05) is 30.3 Å². The van der Waals surface area contributed by atoms with E-state index in [1.54, 1.807) is 0 Å². The average molecular weight is 220 g/mol. The number of nitrogens with zero attached hydrogens (tertiary/aromatic N) is 1. The van der Waals surface area contributed by atoms with E-state index >= 15 is 0 Å². The Hall–Kier alpha value is -1.88. The van der Waals surface area contributed by atoms with Gasteiger partial charge in [0.15, 0.2) is 0 Å². The molecule has 1 aromatic rings. The molecule has 1 saturated heterocycles. The highest BCUT2D eigenvalue weighted by molar-refractivity contribution is 5.88. The van der Waals surface area contributed by atoms with Crippen LogP contribution in [0.2, 0.25) is 0 Å². The Balaban J connectivity index is 2.21. The summed E-state index contributed by atoms with van der Waals surface area (Å²) in [5.74, 6) is -0.399. The van der Waals surface area contributed by atoms with E-state index in [4.69, 9.17) is 5.73 Å². The predicted molar refractivity (Wildman–Crippen MR) is 56.0 cm³/mol. The van der Waals surface area contributed by atoms with Crippen molar-refractivity contribution in [2.24, 2.45) is 5.73 Å². The average Bonchev–Trinajstić information content (AvgIpc) is 2.23. The maximum absolute atomic E-state index is 11.5. The predicted octanol–water partition coefficient (Wildman–Crippen LogP) is -0.187. The van der Waals surface area contributed by atoms with Crippen molar-refractivity contribution >= 4 is 12.4 Å². The van der Waals surface area contributed by atoms with E-state index in [1.807, 2.05) is 30.3 Å². The number of rotatable bonds is 4. The Bertz CT molecular complexity index is 399. The van der Waals surface area contributed by atoms with Gasteiger partial charge in [0, 0.05) is 0 Å². The lowest BCUT2D eigenvalue weighted by atomic mass is 9.74. The maximum atomic E-state index is 11.5. The van der Waals surface area contributed by atoms with Crippen molar-refractivity contribution in [2.75, 3.05) is 13.1 Å². The van der Waals surface area contributed by atoms with Crippen molar-refractivity contribution in [3.05, 3.63) is 35.9 Å². The number of hydrogen-bond acceptors (Lipinski definition) is 4. The molecule has 5 heteroatoms. The fraction of sp³-hybridized carbons (Fsp3) is 0.273. The molecule has 1 aromatic carbocycles. The molecule has 1 aliphatic rings. The van der Waals surface area contributed by atoms with Crippen LogP contribution in [0.5, 0.6) is 0 Å². The normalized spacial score (nSPS) is 18.5. The van der Waals surface area contributed by atoms with Crippen molar-refractivity contribution < 1.29 is 14.4 Å². The van der Waals surface area contributed by atoms with Crippen LogP contribution >= 0.6 is 0 Å². The molecule has 84 valence electrons. The number of carbonyl (C=O) groups is 2. The van der Waals surface area contributed by atoms with Gasteiger partial charge in [-0.25, -0.2) is 0 Å². The molecule has 0 aromatic heterocycles. The summed E-state index contributed by atoms with van der Waals surface area (Å²) in [6, 6.07) is 9.27. The molecular formula is C11H12N2O3. The highest BCUT2D eigenvalue weighted by atomic mass is 16.7. The summed E-state index contributed by atoms with van der Waals surface area (Å²) in [6.07, 6.45) is 0. The summed E-state index contributed by atoms with van der Waals surface area (Å²) >= 11 is 0. The molecule has 2 N–H and O–H groups in total. The van der Waals surface area contributed by atoms with Gasteiger partial charge in [0.25, 0.3) is 0 Å². The number of primary amides is 1. The van der Waals surface area contributed by atoms with Crippen LogP contribution in [-0.4, -0.2) is 30.5 Å². The highest BCUT2D eigenvalue weighted by Gasteiger charge is 2.50. The van der Waals surface area contributed by atoms with Crippen LogP contribution in [0.15, 0.2) is 30.3 Å². The lowest BCUT2D eigenvalue weighted by molar-refractivity contribution is -0.212. The van der Waals surface area contributed by atoms with Gasteiger partial charge in [0.05, 0.1) is 13.1 Å². The number of hydroxylamine groups is 2. The number of amides is 1. The fourth-order valence-corrected chi connectivity index (χ4v) is 1.93. The number of nitrogens with two attached hydrogens (primary N) is 1. The van der Waals surface area contributed by atoms with E-state index in [1.165, 1.54) is 5.06 Å². The summed E-state index contributed by atoms with van der Waals surface area (Å²) in [7, 11) is 0. The molecule has 0 bridgehead atoms. The Morgan fingerprint density at radius 3 is 2.50 bits per heavy atom. The molecule has 1 heterocycles. The molecule has 2 rings (SSSR count).